The molecular weight excluding hydrogens is 344 g/mol. The monoisotopic (exact) mass is 366 g/mol. The van der Waals surface area contributed by atoms with E-state index in [9.17, 15) is 9.59 Å². The first kappa shape index (κ1) is 18.4. The third-order valence-electron chi connectivity index (χ3n) is 3.82. The van der Waals surface area contributed by atoms with Crippen molar-refractivity contribution in [3.8, 4) is 5.75 Å². The minimum atomic E-state index is -0.424. The summed E-state index contributed by atoms with van der Waals surface area (Å²) in [6.45, 7) is 6.10. The minimum absolute atomic E-state index is 0.0340. The van der Waals surface area contributed by atoms with Crippen LogP contribution in [-0.4, -0.2) is 33.8 Å². The summed E-state index contributed by atoms with van der Waals surface area (Å²) in [5.74, 6) is -0.0350. The predicted molar refractivity (Wildman–Crippen MR) is 103 cm³/mol. The van der Waals surface area contributed by atoms with Gasteiger partial charge < -0.3 is 15.4 Å². The van der Waals surface area contributed by atoms with Crippen molar-refractivity contribution < 1.29 is 14.3 Å². The van der Waals surface area contributed by atoms with Crippen molar-refractivity contribution in [3.05, 3.63) is 60.2 Å². The van der Waals surface area contributed by atoms with Crippen molar-refractivity contribution in [1.82, 2.24) is 14.7 Å². The number of benzene rings is 1. The van der Waals surface area contributed by atoms with Gasteiger partial charge in [-0.1, -0.05) is 18.2 Å². The lowest BCUT2D eigenvalue weighted by molar-refractivity contribution is 0.0940. The van der Waals surface area contributed by atoms with Crippen LogP contribution in [0.1, 0.15) is 41.9 Å². The predicted octanol–water partition coefficient (Wildman–Crippen LogP) is 3.12. The zero-order chi connectivity index (χ0) is 19.4. The largest absolute Gasteiger partial charge is 0.492 e. The van der Waals surface area contributed by atoms with E-state index < -0.39 is 5.91 Å². The summed E-state index contributed by atoms with van der Waals surface area (Å²) in [6.07, 6.45) is 1.71. The molecule has 3 rings (SSSR count). The molecule has 0 atom stereocenters. The molecule has 1 aromatic carbocycles. The molecule has 140 valence electrons. The molecule has 0 bridgehead atoms. The molecular formula is C20H22N4O3. The average Bonchev–Trinajstić information content (AvgIpc) is 3.03. The van der Waals surface area contributed by atoms with Gasteiger partial charge in [-0.25, -0.2) is 4.98 Å². The first-order valence-corrected chi connectivity index (χ1v) is 8.82. The van der Waals surface area contributed by atoms with Gasteiger partial charge in [0.05, 0.1) is 17.8 Å². The highest BCUT2D eigenvalue weighted by Crippen LogP contribution is 2.24. The van der Waals surface area contributed by atoms with Crippen molar-refractivity contribution in [1.29, 1.82) is 0 Å². The van der Waals surface area contributed by atoms with E-state index in [1.54, 1.807) is 40.9 Å². The number of aromatic nitrogens is 2. The Kier molecular flexibility index (Phi) is 5.40. The molecule has 0 spiro atoms. The van der Waals surface area contributed by atoms with E-state index in [1.807, 2.05) is 32.9 Å². The summed E-state index contributed by atoms with van der Waals surface area (Å²) >= 11 is 0. The van der Waals surface area contributed by atoms with Gasteiger partial charge in [-0.2, -0.15) is 0 Å². The second-order valence-electron chi connectivity index (χ2n) is 6.25. The van der Waals surface area contributed by atoms with Crippen LogP contribution < -0.4 is 15.4 Å². The first-order chi connectivity index (χ1) is 13.0. The smallest absolute Gasteiger partial charge is 0.292 e. The Bertz CT molecular complexity index is 978. The van der Waals surface area contributed by atoms with Gasteiger partial charge in [-0.05, 0) is 45.0 Å². The van der Waals surface area contributed by atoms with Gasteiger partial charge in [-0.3, -0.25) is 14.0 Å². The number of anilines is 1. The Balaban J connectivity index is 1.97. The Morgan fingerprint density at radius 1 is 1.11 bits per heavy atom. The molecule has 0 radical (unpaired) electrons. The van der Waals surface area contributed by atoms with E-state index in [-0.39, 0.29) is 23.5 Å². The van der Waals surface area contributed by atoms with E-state index in [0.29, 0.717) is 23.6 Å². The van der Waals surface area contributed by atoms with Crippen molar-refractivity contribution in [2.24, 2.45) is 0 Å². The van der Waals surface area contributed by atoms with Gasteiger partial charge in [-0.15, -0.1) is 0 Å². The fraction of sp³-hybridized carbons (Fsp3) is 0.250. The number of pyridine rings is 1. The summed E-state index contributed by atoms with van der Waals surface area (Å²) in [4.78, 5) is 29.6. The van der Waals surface area contributed by atoms with Gasteiger partial charge in [0.1, 0.15) is 5.75 Å². The number of hydrogen-bond donors (Lipinski definition) is 2. The molecule has 0 unspecified atom stereocenters. The second kappa shape index (κ2) is 7.90. The van der Waals surface area contributed by atoms with E-state index in [0.717, 1.165) is 0 Å². The quantitative estimate of drug-likeness (QED) is 0.702. The molecule has 2 aromatic heterocycles. The maximum Gasteiger partial charge on any atom is 0.292 e. The molecule has 0 fully saturated rings. The lowest BCUT2D eigenvalue weighted by atomic mass is 10.3. The summed E-state index contributed by atoms with van der Waals surface area (Å²) in [7, 11) is 0. The number of carbonyl (C=O) groups excluding carboxylic acids is 2. The van der Waals surface area contributed by atoms with E-state index in [4.69, 9.17) is 4.74 Å². The summed E-state index contributed by atoms with van der Waals surface area (Å²) in [5, 5.41) is 5.63. The number of hydrogen-bond acceptors (Lipinski definition) is 4. The van der Waals surface area contributed by atoms with Crippen molar-refractivity contribution in [2.45, 2.75) is 26.8 Å². The van der Waals surface area contributed by atoms with Crippen LogP contribution in [-0.2, 0) is 0 Å². The van der Waals surface area contributed by atoms with Gasteiger partial charge in [0, 0.05) is 12.2 Å². The number of carbonyl (C=O) groups is 2. The molecule has 3 aromatic rings. The van der Waals surface area contributed by atoms with Crippen molar-refractivity contribution in [2.75, 3.05) is 11.9 Å². The first-order valence-electron chi connectivity index (χ1n) is 8.82. The maximum absolute atomic E-state index is 12.9. The molecule has 7 nitrogen and oxygen atoms in total. The number of nitrogens with one attached hydrogen (secondary N) is 2. The molecule has 7 heteroatoms. The minimum Gasteiger partial charge on any atom is -0.492 e. The number of fused-ring (bicyclic) bond motifs is 1. The molecule has 2 heterocycles. The SMILES string of the molecule is CCOc1ccccc1NC(=O)c1nc(C(=O)NC(C)C)c2ccccn12. The molecule has 0 saturated heterocycles. The van der Waals surface area contributed by atoms with Gasteiger partial charge >= 0.3 is 0 Å². The highest BCUT2D eigenvalue weighted by Gasteiger charge is 2.22. The molecule has 2 amide bonds. The van der Waals surface area contributed by atoms with Crippen LogP contribution in [0.5, 0.6) is 5.75 Å². The molecule has 0 aliphatic carbocycles. The topological polar surface area (TPSA) is 84.7 Å². The van der Waals surface area contributed by atoms with Crippen LogP contribution in [0, 0.1) is 0 Å². The van der Waals surface area contributed by atoms with Crippen LogP contribution in [0.25, 0.3) is 5.52 Å². The fourth-order valence-corrected chi connectivity index (χ4v) is 2.73. The highest BCUT2D eigenvalue weighted by atomic mass is 16.5. The van der Waals surface area contributed by atoms with Gasteiger partial charge in [0.15, 0.2) is 5.69 Å². The van der Waals surface area contributed by atoms with E-state index in [1.165, 1.54) is 0 Å². The number of rotatable bonds is 6. The number of para-hydroxylation sites is 2. The Morgan fingerprint density at radius 3 is 2.59 bits per heavy atom. The van der Waals surface area contributed by atoms with Crippen molar-refractivity contribution >= 4 is 23.0 Å². The fourth-order valence-electron chi connectivity index (χ4n) is 2.73. The normalized spacial score (nSPS) is 10.8. The Hall–Kier alpha value is -3.35. The van der Waals surface area contributed by atoms with E-state index >= 15 is 0 Å². The Labute approximate surface area is 157 Å². The number of ether oxygens (including phenoxy) is 1. The van der Waals surface area contributed by atoms with Crippen LogP contribution in [0.4, 0.5) is 5.69 Å². The molecule has 2 N–H and O–H groups in total. The molecule has 0 aliphatic rings. The van der Waals surface area contributed by atoms with Gasteiger partial charge in [0.2, 0.25) is 5.82 Å². The van der Waals surface area contributed by atoms with Crippen molar-refractivity contribution in [3.63, 3.8) is 0 Å². The number of amides is 2. The lowest BCUT2D eigenvalue weighted by Gasteiger charge is -2.10. The third kappa shape index (κ3) is 3.92. The molecule has 0 saturated carbocycles. The van der Waals surface area contributed by atoms with Crippen LogP contribution in [0.15, 0.2) is 48.7 Å². The zero-order valence-electron chi connectivity index (χ0n) is 15.5. The third-order valence-corrected chi connectivity index (χ3v) is 3.82. The van der Waals surface area contributed by atoms with Crippen LogP contribution >= 0.6 is 0 Å². The van der Waals surface area contributed by atoms with E-state index in [2.05, 4.69) is 15.6 Å². The average molecular weight is 366 g/mol. The molecule has 27 heavy (non-hydrogen) atoms. The number of nitrogens with zero attached hydrogens (tertiary/aromatic N) is 2. The maximum atomic E-state index is 12.9. The summed E-state index contributed by atoms with van der Waals surface area (Å²) < 4.78 is 7.15. The summed E-state index contributed by atoms with van der Waals surface area (Å²) in [5.41, 5.74) is 1.33. The second-order valence-corrected chi connectivity index (χ2v) is 6.25. The zero-order valence-corrected chi connectivity index (χ0v) is 15.5. The Morgan fingerprint density at radius 2 is 1.85 bits per heavy atom. The summed E-state index contributed by atoms with van der Waals surface area (Å²) in [6, 6.07) is 12.5. The lowest BCUT2D eigenvalue weighted by Crippen LogP contribution is -2.30. The van der Waals surface area contributed by atoms with Gasteiger partial charge in [0.25, 0.3) is 11.8 Å². The van der Waals surface area contributed by atoms with Crippen LogP contribution in [0.2, 0.25) is 0 Å². The van der Waals surface area contributed by atoms with Crippen LogP contribution in [0.3, 0.4) is 0 Å². The standard InChI is InChI=1S/C20H22N4O3/c1-4-27-16-11-6-5-9-14(16)22-20(26)18-23-17(19(25)21-13(2)3)15-10-7-8-12-24(15)18/h5-13H,4H2,1-3H3,(H,21,25)(H,22,26). The highest BCUT2D eigenvalue weighted by molar-refractivity contribution is 6.06. The molecule has 0 aliphatic heterocycles. The number of imidazole rings is 1.